The third kappa shape index (κ3) is 6.30. The lowest BCUT2D eigenvalue weighted by molar-refractivity contribution is -0.158. The maximum atomic E-state index is 13.2. The van der Waals surface area contributed by atoms with E-state index in [2.05, 4.69) is 5.32 Å². The molecule has 23 heavy (non-hydrogen) atoms. The molecule has 1 aromatic carbocycles. The van der Waals surface area contributed by atoms with E-state index < -0.39 is 36.4 Å². The summed E-state index contributed by atoms with van der Waals surface area (Å²) in [6, 6.07) is 5.92. The van der Waals surface area contributed by atoms with Gasteiger partial charge in [0.1, 0.15) is 6.04 Å². The van der Waals surface area contributed by atoms with Gasteiger partial charge in [0.25, 0.3) is 0 Å². The zero-order valence-electron chi connectivity index (χ0n) is 12.9. The average Bonchev–Trinajstić information content (AvgIpc) is 2.43. The lowest BCUT2D eigenvalue weighted by Gasteiger charge is -2.22. The highest BCUT2D eigenvalue weighted by Crippen LogP contribution is 2.37. The molecule has 0 radical (unpaired) electrons. The summed E-state index contributed by atoms with van der Waals surface area (Å²) >= 11 is 0. The van der Waals surface area contributed by atoms with Crippen molar-refractivity contribution in [1.29, 1.82) is 0 Å². The van der Waals surface area contributed by atoms with Gasteiger partial charge in [0.05, 0.1) is 5.92 Å². The lowest BCUT2D eigenvalue weighted by atomic mass is 9.94. The van der Waals surface area contributed by atoms with Crippen molar-refractivity contribution in [3.8, 4) is 0 Å². The summed E-state index contributed by atoms with van der Waals surface area (Å²) in [5.74, 6) is -4.15. The van der Waals surface area contributed by atoms with Gasteiger partial charge < -0.3 is 10.4 Å². The molecule has 0 aliphatic heterocycles. The Hall–Kier alpha value is -2.05. The van der Waals surface area contributed by atoms with E-state index in [0.29, 0.717) is 0 Å². The summed E-state index contributed by atoms with van der Waals surface area (Å²) in [6.45, 7) is 3.54. The molecule has 0 aromatic heterocycles. The Morgan fingerprint density at radius 2 is 1.74 bits per heavy atom. The summed E-state index contributed by atoms with van der Waals surface area (Å²) in [6.07, 6.45) is -5.27. The second-order valence-electron chi connectivity index (χ2n) is 5.80. The molecule has 4 nitrogen and oxygen atoms in total. The predicted octanol–water partition coefficient (Wildman–Crippen LogP) is 3.34. The first-order valence-electron chi connectivity index (χ1n) is 7.25. The summed E-state index contributed by atoms with van der Waals surface area (Å²) in [5.41, 5.74) is -0.0223. The summed E-state index contributed by atoms with van der Waals surface area (Å²) < 4.78 is 39.5. The smallest absolute Gasteiger partial charge is 0.396 e. The van der Waals surface area contributed by atoms with Gasteiger partial charge in [-0.1, -0.05) is 44.2 Å². The van der Waals surface area contributed by atoms with E-state index in [1.165, 1.54) is 24.3 Å². The van der Waals surface area contributed by atoms with Crippen LogP contribution in [-0.4, -0.2) is 29.2 Å². The molecule has 0 aliphatic rings. The van der Waals surface area contributed by atoms with Gasteiger partial charge in [0.2, 0.25) is 5.91 Å². The number of hydrogen-bond donors (Lipinski definition) is 2. The van der Waals surface area contributed by atoms with Gasteiger partial charge in [-0.05, 0) is 17.9 Å². The van der Waals surface area contributed by atoms with Gasteiger partial charge in [-0.3, -0.25) is 4.79 Å². The molecule has 7 heteroatoms. The number of carbonyl (C=O) groups excluding carboxylic acids is 1. The number of carboxylic acid groups (broad SMARTS) is 1. The van der Waals surface area contributed by atoms with Gasteiger partial charge in [-0.25, -0.2) is 4.79 Å². The number of carbonyl (C=O) groups is 2. The van der Waals surface area contributed by atoms with Crippen LogP contribution in [0.15, 0.2) is 30.3 Å². The van der Waals surface area contributed by atoms with Gasteiger partial charge in [-0.2, -0.15) is 13.2 Å². The third-order valence-electron chi connectivity index (χ3n) is 3.33. The molecular weight excluding hydrogens is 311 g/mol. The van der Waals surface area contributed by atoms with Crippen LogP contribution in [0.5, 0.6) is 0 Å². The largest absolute Gasteiger partial charge is 0.480 e. The molecule has 128 valence electrons. The molecule has 1 amide bonds. The Kier molecular flexibility index (Phi) is 6.60. The predicted molar refractivity (Wildman–Crippen MR) is 78.9 cm³/mol. The second-order valence-corrected chi connectivity index (χ2v) is 5.80. The lowest BCUT2D eigenvalue weighted by Crippen LogP contribution is -2.42. The minimum Gasteiger partial charge on any atom is -0.480 e. The maximum Gasteiger partial charge on any atom is 0.396 e. The van der Waals surface area contributed by atoms with Gasteiger partial charge in [-0.15, -0.1) is 0 Å². The van der Waals surface area contributed by atoms with Crippen molar-refractivity contribution in [3.63, 3.8) is 0 Å². The molecule has 0 saturated heterocycles. The Balaban J connectivity index is 2.84. The van der Waals surface area contributed by atoms with E-state index >= 15 is 0 Å². The van der Waals surface area contributed by atoms with Crippen molar-refractivity contribution >= 4 is 11.9 Å². The number of amides is 1. The maximum absolute atomic E-state index is 13.2. The quantitative estimate of drug-likeness (QED) is 0.805. The Morgan fingerprint density at radius 1 is 1.17 bits per heavy atom. The zero-order chi connectivity index (χ0) is 17.6. The molecule has 0 aliphatic carbocycles. The summed E-state index contributed by atoms with van der Waals surface area (Å²) in [7, 11) is 0. The summed E-state index contributed by atoms with van der Waals surface area (Å²) in [5, 5.41) is 11.2. The zero-order valence-corrected chi connectivity index (χ0v) is 12.9. The molecule has 0 saturated carbocycles. The Morgan fingerprint density at radius 3 is 2.17 bits per heavy atom. The van der Waals surface area contributed by atoms with Crippen molar-refractivity contribution < 1.29 is 27.9 Å². The molecule has 0 bridgehead atoms. The van der Waals surface area contributed by atoms with Gasteiger partial charge in [0.15, 0.2) is 0 Å². The first-order chi connectivity index (χ1) is 10.6. The molecular formula is C16H20F3NO3. The summed E-state index contributed by atoms with van der Waals surface area (Å²) in [4.78, 5) is 23.0. The normalized spacial score (nSPS) is 14.3. The van der Waals surface area contributed by atoms with E-state index in [9.17, 15) is 22.8 Å². The minimum absolute atomic E-state index is 0.0102. The third-order valence-corrected chi connectivity index (χ3v) is 3.33. The van der Waals surface area contributed by atoms with Crippen LogP contribution in [0.2, 0.25) is 0 Å². The number of rotatable bonds is 7. The van der Waals surface area contributed by atoms with E-state index in [0.717, 1.165) is 0 Å². The number of hydrogen-bond acceptors (Lipinski definition) is 2. The minimum atomic E-state index is -4.59. The SMILES string of the molecule is CC(C)C[C@@H](NC(=O)CC(c1ccccc1)C(F)(F)F)C(=O)O. The molecule has 2 atom stereocenters. The van der Waals surface area contributed by atoms with Crippen LogP contribution < -0.4 is 5.32 Å². The molecule has 1 rings (SSSR count). The monoisotopic (exact) mass is 331 g/mol. The highest BCUT2D eigenvalue weighted by molar-refractivity contribution is 5.84. The number of halogens is 3. The first kappa shape index (κ1) is 19.0. The number of carboxylic acids is 1. The van der Waals surface area contributed by atoms with E-state index in [1.807, 2.05) is 0 Å². The van der Waals surface area contributed by atoms with E-state index in [-0.39, 0.29) is 17.9 Å². The molecule has 0 heterocycles. The number of benzene rings is 1. The number of aliphatic carboxylic acids is 1. The second kappa shape index (κ2) is 7.99. The van der Waals surface area contributed by atoms with Crippen molar-refractivity contribution in [2.24, 2.45) is 5.92 Å². The highest BCUT2D eigenvalue weighted by atomic mass is 19.4. The van der Waals surface area contributed by atoms with Crippen LogP contribution >= 0.6 is 0 Å². The fraction of sp³-hybridized carbons (Fsp3) is 0.500. The van der Waals surface area contributed by atoms with Gasteiger partial charge >= 0.3 is 12.1 Å². The van der Waals surface area contributed by atoms with Gasteiger partial charge in [0, 0.05) is 6.42 Å². The van der Waals surface area contributed by atoms with E-state index in [1.54, 1.807) is 19.9 Å². The van der Waals surface area contributed by atoms with Crippen molar-refractivity contribution in [1.82, 2.24) is 5.32 Å². The standard InChI is InChI=1S/C16H20F3NO3/c1-10(2)8-13(15(22)23)20-14(21)9-12(16(17,18)19)11-6-4-3-5-7-11/h3-7,10,12-13H,8-9H2,1-2H3,(H,20,21)(H,22,23)/t12?,13-/m1/s1. The Labute approximate surface area is 132 Å². The van der Waals surface area contributed by atoms with Crippen molar-refractivity contribution in [2.75, 3.05) is 0 Å². The van der Waals surface area contributed by atoms with Crippen LogP contribution in [0, 0.1) is 5.92 Å². The highest BCUT2D eigenvalue weighted by Gasteiger charge is 2.42. The first-order valence-corrected chi connectivity index (χ1v) is 7.25. The van der Waals surface area contributed by atoms with Crippen LogP contribution in [0.25, 0.3) is 0 Å². The van der Waals surface area contributed by atoms with Crippen LogP contribution in [0.1, 0.15) is 38.2 Å². The van der Waals surface area contributed by atoms with Crippen LogP contribution in [0.4, 0.5) is 13.2 Å². The van der Waals surface area contributed by atoms with Crippen LogP contribution in [0.3, 0.4) is 0 Å². The number of alkyl halides is 3. The Bertz CT molecular complexity index is 529. The average molecular weight is 331 g/mol. The number of nitrogens with one attached hydrogen (secondary N) is 1. The molecule has 1 unspecified atom stereocenters. The topological polar surface area (TPSA) is 66.4 Å². The fourth-order valence-corrected chi connectivity index (χ4v) is 2.24. The van der Waals surface area contributed by atoms with Crippen molar-refractivity contribution in [2.45, 2.75) is 44.8 Å². The molecule has 1 aromatic rings. The van der Waals surface area contributed by atoms with E-state index in [4.69, 9.17) is 5.11 Å². The van der Waals surface area contributed by atoms with Crippen LogP contribution in [-0.2, 0) is 9.59 Å². The molecule has 0 fully saturated rings. The fourth-order valence-electron chi connectivity index (χ4n) is 2.24. The van der Waals surface area contributed by atoms with Crippen molar-refractivity contribution in [3.05, 3.63) is 35.9 Å². The molecule has 0 spiro atoms. The molecule has 2 N–H and O–H groups in total.